The number of hydrogen-bond donors (Lipinski definition) is 4. The molecule has 0 aliphatic heterocycles. The predicted octanol–water partition coefficient (Wildman–Crippen LogP) is 2.83. The van der Waals surface area contributed by atoms with E-state index in [-0.39, 0.29) is 31.2 Å². The number of anilines is 2. The minimum absolute atomic E-state index is 0.0683. The fourth-order valence-electron chi connectivity index (χ4n) is 2.22. The number of amides is 2. The van der Waals surface area contributed by atoms with Gasteiger partial charge >= 0.3 is 11.8 Å². The summed E-state index contributed by atoms with van der Waals surface area (Å²) in [5, 5.41) is 2.11. The molecule has 0 fully saturated rings. The van der Waals surface area contributed by atoms with Crippen LogP contribution in [0.1, 0.15) is 0 Å². The SMILES string of the molecule is NC(=O)Nc1ccc(NS(=O)(=O)c2c(Br)cc3[nH]c(=O)oc3c2Cl)cc1. The van der Waals surface area contributed by atoms with Gasteiger partial charge in [-0.25, -0.2) is 18.0 Å². The highest BCUT2D eigenvalue weighted by Crippen LogP contribution is 2.36. The van der Waals surface area contributed by atoms with Crippen molar-refractivity contribution in [1.82, 2.24) is 4.98 Å². The van der Waals surface area contributed by atoms with Gasteiger partial charge in [-0.1, -0.05) is 11.6 Å². The second kappa shape index (κ2) is 6.67. The van der Waals surface area contributed by atoms with E-state index in [1.54, 1.807) is 0 Å². The molecule has 2 aromatic carbocycles. The van der Waals surface area contributed by atoms with E-state index in [1.165, 1.54) is 30.3 Å². The van der Waals surface area contributed by atoms with Crippen LogP contribution in [-0.2, 0) is 10.0 Å². The lowest BCUT2D eigenvalue weighted by Gasteiger charge is -2.12. The van der Waals surface area contributed by atoms with Crippen LogP contribution in [0.25, 0.3) is 11.1 Å². The van der Waals surface area contributed by atoms with Gasteiger partial charge in [0.1, 0.15) is 9.92 Å². The van der Waals surface area contributed by atoms with Gasteiger partial charge in [-0.3, -0.25) is 9.71 Å². The van der Waals surface area contributed by atoms with Crippen molar-refractivity contribution in [3.8, 4) is 0 Å². The van der Waals surface area contributed by atoms with Crippen LogP contribution < -0.4 is 21.5 Å². The number of fused-ring (bicyclic) bond motifs is 1. The minimum atomic E-state index is -4.11. The molecule has 1 aromatic heterocycles. The summed E-state index contributed by atoms with van der Waals surface area (Å²) >= 11 is 9.27. The van der Waals surface area contributed by atoms with E-state index in [0.717, 1.165) is 0 Å². The van der Waals surface area contributed by atoms with E-state index >= 15 is 0 Å². The summed E-state index contributed by atoms with van der Waals surface area (Å²) in [6.07, 6.45) is 0. The monoisotopic (exact) mass is 460 g/mol. The number of sulfonamides is 1. The molecule has 26 heavy (non-hydrogen) atoms. The zero-order valence-corrected chi connectivity index (χ0v) is 15.8. The number of oxazole rings is 1. The number of hydrogen-bond acceptors (Lipinski definition) is 5. The number of nitrogens with two attached hydrogens (primary N) is 1. The molecule has 1 heterocycles. The molecule has 0 aliphatic carbocycles. The van der Waals surface area contributed by atoms with Crippen LogP contribution in [0.15, 0.2) is 48.9 Å². The number of benzene rings is 2. The van der Waals surface area contributed by atoms with Crippen LogP contribution in [0.5, 0.6) is 0 Å². The molecule has 5 N–H and O–H groups in total. The van der Waals surface area contributed by atoms with Crippen molar-refractivity contribution in [3.63, 3.8) is 0 Å². The molecule has 0 radical (unpaired) electrons. The van der Waals surface area contributed by atoms with Gasteiger partial charge < -0.3 is 15.5 Å². The van der Waals surface area contributed by atoms with E-state index in [2.05, 4.69) is 31.0 Å². The number of aromatic amines is 1. The molecule has 0 aliphatic rings. The third-order valence-electron chi connectivity index (χ3n) is 3.24. The first-order chi connectivity index (χ1) is 12.2. The Kier molecular flexibility index (Phi) is 4.69. The van der Waals surface area contributed by atoms with Crippen LogP contribution >= 0.6 is 27.5 Å². The number of rotatable bonds is 4. The number of aromatic nitrogens is 1. The third kappa shape index (κ3) is 3.54. The fourth-order valence-corrected chi connectivity index (χ4v) is 5.14. The van der Waals surface area contributed by atoms with Crippen LogP contribution in [0.4, 0.5) is 16.2 Å². The first-order valence-electron chi connectivity index (χ1n) is 6.87. The smallest absolute Gasteiger partial charge is 0.406 e. The van der Waals surface area contributed by atoms with E-state index < -0.39 is 21.8 Å². The maximum atomic E-state index is 12.7. The van der Waals surface area contributed by atoms with E-state index in [1.807, 2.05) is 0 Å². The molecule has 0 unspecified atom stereocenters. The molecule has 0 atom stereocenters. The fraction of sp³-hybridized carbons (Fsp3) is 0. The number of primary amides is 1. The Labute approximate surface area is 159 Å². The molecule has 0 bridgehead atoms. The highest BCUT2D eigenvalue weighted by atomic mass is 79.9. The number of nitrogens with one attached hydrogen (secondary N) is 3. The molecule has 136 valence electrons. The van der Waals surface area contributed by atoms with E-state index in [9.17, 15) is 18.0 Å². The van der Waals surface area contributed by atoms with Crippen LogP contribution in [0.2, 0.25) is 5.02 Å². The zero-order valence-electron chi connectivity index (χ0n) is 12.7. The normalized spacial score (nSPS) is 11.5. The lowest BCUT2D eigenvalue weighted by atomic mass is 10.3. The molecule has 3 aromatic rings. The van der Waals surface area contributed by atoms with Gasteiger partial charge in [0.05, 0.1) is 5.52 Å². The molecule has 0 saturated carbocycles. The maximum Gasteiger partial charge on any atom is 0.417 e. The summed E-state index contributed by atoms with van der Waals surface area (Å²) in [4.78, 5) is 24.2. The molecule has 9 nitrogen and oxygen atoms in total. The van der Waals surface area contributed by atoms with Gasteiger partial charge in [0.25, 0.3) is 10.0 Å². The van der Waals surface area contributed by atoms with Crippen LogP contribution in [0.3, 0.4) is 0 Å². The Hall–Kier alpha value is -2.50. The van der Waals surface area contributed by atoms with Gasteiger partial charge in [0.2, 0.25) is 0 Å². The van der Waals surface area contributed by atoms with Crippen molar-refractivity contribution in [2.45, 2.75) is 4.90 Å². The van der Waals surface area contributed by atoms with E-state index in [0.29, 0.717) is 5.69 Å². The first-order valence-corrected chi connectivity index (χ1v) is 9.53. The van der Waals surface area contributed by atoms with Crippen LogP contribution in [0, 0.1) is 0 Å². The molecular formula is C14H10BrClN4O5S. The second-order valence-electron chi connectivity index (χ2n) is 5.06. The molecule has 3 rings (SSSR count). The van der Waals surface area contributed by atoms with Crippen LogP contribution in [-0.4, -0.2) is 19.4 Å². The van der Waals surface area contributed by atoms with Crippen molar-refractivity contribution in [3.05, 3.63) is 50.4 Å². The lowest BCUT2D eigenvalue weighted by molar-refractivity contribution is 0.259. The maximum absolute atomic E-state index is 12.7. The van der Waals surface area contributed by atoms with Crippen molar-refractivity contribution < 1.29 is 17.6 Å². The first kappa shape index (κ1) is 18.3. The van der Waals surface area contributed by atoms with E-state index in [4.69, 9.17) is 21.8 Å². The minimum Gasteiger partial charge on any atom is -0.406 e. The summed E-state index contributed by atoms with van der Waals surface area (Å²) in [5.74, 6) is -0.756. The van der Waals surface area contributed by atoms with Crippen molar-refractivity contribution in [2.75, 3.05) is 10.0 Å². The summed E-state index contributed by atoms with van der Waals surface area (Å²) in [7, 11) is -4.11. The van der Waals surface area contributed by atoms with Gasteiger partial charge in [-0.15, -0.1) is 0 Å². The number of carbonyl (C=O) groups excluding carboxylic acids is 1. The number of H-pyrrole nitrogens is 1. The van der Waals surface area contributed by atoms with Gasteiger partial charge in [0.15, 0.2) is 5.58 Å². The Morgan fingerprint density at radius 3 is 2.46 bits per heavy atom. The molecule has 0 saturated heterocycles. The Morgan fingerprint density at radius 2 is 1.85 bits per heavy atom. The Balaban J connectivity index is 1.99. The van der Waals surface area contributed by atoms with Gasteiger partial charge in [-0.05, 0) is 46.3 Å². The third-order valence-corrected chi connectivity index (χ3v) is 6.06. The standard InChI is InChI=1S/C14H10BrClN4O5S/c15-8-5-9-11(25-14(22)19-9)10(16)12(8)26(23,24)20-7-3-1-6(2-4-7)18-13(17)21/h1-5,20H,(H,19,22)(H3,17,18,21). The second-order valence-corrected chi connectivity index (χ2v) is 7.92. The average molecular weight is 462 g/mol. The average Bonchev–Trinajstić information content (AvgIpc) is 2.89. The predicted molar refractivity (Wildman–Crippen MR) is 100 cm³/mol. The van der Waals surface area contributed by atoms with Crippen molar-refractivity contribution in [2.24, 2.45) is 5.73 Å². The number of urea groups is 1. The van der Waals surface area contributed by atoms with Gasteiger partial charge in [0, 0.05) is 15.8 Å². The van der Waals surface area contributed by atoms with Gasteiger partial charge in [-0.2, -0.15) is 0 Å². The highest BCUT2D eigenvalue weighted by molar-refractivity contribution is 9.10. The summed E-state index contributed by atoms with van der Waals surface area (Å²) in [5.41, 5.74) is 5.81. The summed E-state index contributed by atoms with van der Waals surface area (Å²) in [6.45, 7) is 0. The Morgan fingerprint density at radius 1 is 1.23 bits per heavy atom. The molecular weight excluding hydrogens is 452 g/mol. The molecule has 12 heteroatoms. The summed E-state index contributed by atoms with van der Waals surface area (Å²) < 4.78 is 32.8. The highest BCUT2D eigenvalue weighted by Gasteiger charge is 2.25. The molecule has 0 spiro atoms. The Bertz CT molecular complexity index is 1170. The zero-order chi connectivity index (χ0) is 19.1. The molecule has 2 amide bonds. The number of halogens is 2. The van der Waals surface area contributed by atoms with Crippen molar-refractivity contribution in [1.29, 1.82) is 0 Å². The topological polar surface area (TPSA) is 147 Å². The number of carbonyl (C=O) groups is 1. The van der Waals surface area contributed by atoms with Crippen molar-refractivity contribution >= 4 is 66.1 Å². The quantitative estimate of drug-likeness (QED) is 0.471. The summed E-state index contributed by atoms with van der Waals surface area (Å²) in [6, 6.07) is 6.43. The largest absolute Gasteiger partial charge is 0.417 e. The lowest BCUT2D eigenvalue weighted by Crippen LogP contribution is -2.19.